The molecule has 0 unspecified atom stereocenters. The molecule has 1 atom stereocenters. The standard InChI is InChI=1S/C8H14N2O/c1-2-5-10-6-3-4-7(9)8(10)11/h2,7H,1,3-6,9H2/t7-/m1/s1. The van der Waals surface area contributed by atoms with Crippen molar-refractivity contribution in [2.75, 3.05) is 13.1 Å². The van der Waals surface area contributed by atoms with Gasteiger partial charge < -0.3 is 10.6 Å². The van der Waals surface area contributed by atoms with Crippen LogP contribution in [0.1, 0.15) is 12.8 Å². The van der Waals surface area contributed by atoms with Gasteiger partial charge in [-0.15, -0.1) is 6.58 Å². The number of likely N-dealkylation sites (tertiary alicyclic amines) is 1. The molecule has 0 aromatic rings. The summed E-state index contributed by atoms with van der Waals surface area (Å²) in [6.45, 7) is 5.04. The minimum absolute atomic E-state index is 0.0659. The van der Waals surface area contributed by atoms with Crippen molar-refractivity contribution in [2.24, 2.45) is 5.73 Å². The highest BCUT2D eigenvalue weighted by atomic mass is 16.2. The van der Waals surface area contributed by atoms with E-state index in [9.17, 15) is 4.79 Å². The van der Waals surface area contributed by atoms with Gasteiger partial charge >= 0.3 is 0 Å². The molecule has 0 bridgehead atoms. The summed E-state index contributed by atoms with van der Waals surface area (Å²) in [6, 6.07) is -0.274. The lowest BCUT2D eigenvalue weighted by Crippen LogP contribution is -2.48. The number of nitrogens with zero attached hydrogens (tertiary/aromatic N) is 1. The number of amides is 1. The molecule has 3 heteroatoms. The summed E-state index contributed by atoms with van der Waals surface area (Å²) >= 11 is 0. The highest BCUT2D eigenvalue weighted by Gasteiger charge is 2.23. The Hall–Kier alpha value is -0.830. The second-order valence-corrected chi connectivity index (χ2v) is 2.82. The first-order chi connectivity index (χ1) is 5.25. The molecule has 1 fully saturated rings. The molecule has 62 valence electrons. The maximum Gasteiger partial charge on any atom is 0.239 e. The van der Waals surface area contributed by atoms with Crippen LogP contribution in [-0.4, -0.2) is 29.9 Å². The van der Waals surface area contributed by atoms with Gasteiger partial charge in [-0.05, 0) is 12.8 Å². The van der Waals surface area contributed by atoms with E-state index in [4.69, 9.17) is 5.73 Å². The second kappa shape index (κ2) is 3.53. The number of rotatable bonds is 2. The highest BCUT2D eigenvalue weighted by Crippen LogP contribution is 2.08. The van der Waals surface area contributed by atoms with Crippen LogP contribution in [0, 0.1) is 0 Å². The molecule has 2 N–H and O–H groups in total. The van der Waals surface area contributed by atoms with Gasteiger partial charge in [0.05, 0.1) is 6.04 Å². The molecule has 0 saturated carbocycles. The van der Waals surface area contributed by atoms with Gasteiger partial charge in [0, 0.05) is 13.1 Å². The Morgan fingerprint density at radius 1 is 1.82 bits per heavy atom. The number of nitrogens with two attached hydrogens (primary N) is 1. The zero-order chi connectivity index (χ0) is 8.27. The van der Waals surface area contributed by atoms with Crippen LogP contribution in [0.25, 0.3) is 0 Å². The zero-order valence-electron chi connectivity index (χ0n) is 6.62. The zero-order valence-corrected chi connectivity index (χ0v) is 6.62. The first-order valence-corrected chi connectivity index (χ1v) is 3.91. The van der Waals surface area contributed by atoms with Crippen molar-refractivity contribution in [1.82, 2.24) is 4.90 Å². The van der Waals surface area contributed by atoms with Crippen LogP contribution in [0.5, 0.6) is 0 Å². The number of piperidine rings is 1. The normalized spacial score (nSPS) is 25.4. The summed E-state index contributed by atoms with van der Waals surface area (Å²) in [5.74, 6) is 0.0659. The Morgan fingerprint density at radius 2 is 2.55 bits per heavy atom. The molecule has 0 aromatic heterocycles. The number of carbonyl (C=O) groups is 1. The maximum atomic E-state index is 11.3. The fourth-order valence-electron chi connectivity index (χ4n) is 1.31. The van der Waals surface area contributed by atoms with E-state index in [1.54, 1.807) is 11.0 Å². The van der Waals surface area contributed by atoms with Gasteiger partial charge in [0.15, 0.2) is 0 Å². The Bertz CT molecular complexity index is 167. The van der Waals surface area contributed by atoms with Gasteiger partial charge in [0.25, 0.3) is 0 Å². The largest absolute Gasteiger partial charge is 0.338 e. The fourth-order valence-corrected chi connectivity index (χ4v) is 1.31. The summed E-state index contributed by atoms with van der Waals surface area (Å²) < 4.78 is 0. The number of hydrogen-bond acceptors (Lipinski definition) is 2. The predicted molar refractivity (Wildman–Crippen MR) is 44.0 cm³/mol. The van der Waals surface area contributed by atoms with E-state index in [0.717, 1.165) is 19.4 Å². The minimum Gasteiger partial charge on any atom is -0.338 e. The number of carbonyl (C=O) groups excluding carboxylic acids is 1. The quantitative estimate of drug-likeness (QED) is 0.574. The lowest BCUT2D eigenvalue weighted by molar-refractivity contribution is -0.134. The van der Waals surface area contributed by atoms with E-state index in [1.807, 2.05) is 0 Å². The molecule has 0 spiro atoms. The highest BCUT2D eigenvalue weighted by molar-refractivity contribution is 5.82. The fraction of sp³-hybridized carbons (Fsp3) is 0.625. The van der Waals surface area contributed by atoms with E-state index in [0.29, 0.717) is 6.54 Å². The molecule has 1 heterocycles. The summed E-state index contributed by atoms with van der Waals surface area (Å²) in [6.07, 6.45) is 3.57. The molecular formula is C8H14N2O. The second-order valence-electron chi connectivity index (χ2n) is 2.82. The Balaban J connectivity index is 2.51. The average Bonchev–Trinajstić information content (AvgIpc) is 1.99. The van der Waals surface area contributed by atoms with Crippen LogP contribution in [0.3, 0.4) is 0 Å². The lowest BCUT2D eigenvalue weighted by Gasteiger charge is -2.29. The molecule has 0 aliphatic carbocycles. The minimum atomic E-state index is -0.274. The third kappa shape index (κ3) is 1.80. The van der Waals surface area contributed by atoms with Gasteiger partial charge in [-0.2, -0.15) is 0 Å². The van der Waals surface area contributed by atoms with Crippen LogP contribution in [0.2, 0.25) is 0 Å². The maximum absolute atomic E-state index is 11.3. The van der Waals surface area contributed by atoms with Crippen LogP contribution in [-0.2, 0) is 4.79 Å². The third-order valence-corrected chi connectivity index (χ3v) is 1.92. The van der Waals surface area contributed by atoms with Gasteiger partial charge in [-0.3, -0.25) is 4.79 Å². The van der Waals surface area contributed by atoms with Crippen molar-refractivity contribution in [3.8, 4) is 0 Å². The van der Waals surface area contributed by atoms with Crippen molar-refractivity contribution >= 4 is 5.91 Å². The summed E-state index contributed by atoms with van der Waals surface area (Å²) in [7, 11) is 0. The summed E-state index contributed by atoms with van der Waals surface area (Å²) in [5.41, 5.74) is 5.57. The molecule has 0 radical (unpaired) electrons. The molecular weight excluding hydrogens is 140 g/mol. The van der Waals surface area contributed by atoms with E-state index < -0.39 is 0 Å². The average molecular weight is 154 g/mol. The van der Waals surface area contributed by atoms with Crippen molar-refractivity contribution in [1.29, 1.82) is 0 Å². The van der Waals surface area contributed by atoms with E-state index in [-0.39, 0.29) is 11.9 Å². The molecule has 3 nitrogen and oxygen atoms in total. The van der Waals surface area contributed by atoms with Crippen molar-refractivity contribution < 1.29 is 4.79 Å². The van der Waals surface area contributed by atoms with Gasteiger partial charge in [0.2, 0.25) is 5.91 Å². The summed E-state index contributed by atoms with van der Waals surface area (Å²) in [4.78, 5) is 13.0. The smallest absolute Gasteiger partial charge is 0.239 e. The van der Waals surface area contributed by atoms with Crippen LogP contribution >= 0.6 is 0 Å². The van der Waals surface area contributed by atoms with Crippen LogP contribution < -0.4 is 5.73 Å². The number of hydrogen-bond donors (Lipinski definition) is 1. The monoisotopic (exact) mass is 154 g/mol. The van der Waals surface area contributed by atoms with Crippen molar-refractivity contribution in [2.45, 2.75) is 18.9 Å². The van der Waals surface area contributed by atoms with E-state index in [1.165, 1.54) is 0 Å². The molecule has 1 amide bonds. The lowest BCUT2D eigenvalue weighted by atomic mass is 10.1. The molecule has 1 aliphatic rings. The van der Waals surface area contributed by atoms with Gasteiger partial charge in [-0.25, -0.2) is 0 Å². The Morgan fingerprint density at radius 3 is 3.18 bits per heavy atom. The molecule has 11 heavy (non-hydrogen) atoms. The van der Waals surface area contributed by atoms with Crippen LogP contribution in [0.4, 0.5) is 0 Å². The predicted octanol–water partition coefficient (Wildman–Crippen LogP) is 0.122. The Labute approximate surface area is 66.9 Å². The van der Waals surface area contributed by atoms with Gasteiger partial charge in [-0.1, -0.05) is 6.08 Å². The topological polar surface area (TPSA) is 46.3 Å². The van der Waals surface area contributed by atoms with E-state index >= 15 is 0 Å². The van der Waals surface area contributed by atoms with Crippen molar-refractivity contribution in [3.63, 3.8) is 0 Å². The SMILES string of the molecule is C=CCN1CCC[C@@H](N)C1=O. The molecule has 1 aliphatic heterocycles. The Kier molecular flexibility index (Phi) is 2.65. The van der Waals surface area contributed by atoms with E-state index in [2.05, 4.69) is 6.58 Å². The first-order valence-electron chi connectivity index (χ1n) is 3.91. The summed E-state index contributed by atoms with van der Waals surface area (Å²) in [5, 5.41) is 0. The first kappa shape index (κ1) is 8.27. The van der Waals surface area contributed by atoms with Gasteiger partial charge in [0.1, 0.15) is 0 Å². The molecule has 1 saturated heterocycles. The molecule has 0 aromatic carbocycles. The molecule has 1 rings (SSSR count). The van der Waals surface area contributed by atoms with Crippen molar-refractivity contribution in [3.05, 3.63) is 12.7 Å². The van der Waals surface area contributed by atoms with Crippen LogP contribution in [0.15, 0.2) is 12.7 Å². The third-order valence-electron chi connectivity index (χ3n) is 1.92.